The number of carbonyl (C=O) groups is 1. The van der Waals surface area contributed by atoms with Gasteiger partial charge >= 0.3 is 0 Å². The van der Waals surface area contributed by atoms with Gasteiger partial charge in [0, 0.05) is 42.9 Å². The topological polar surface area (TPSA) is 35.6 Å². The van der Waals surface area contributed by atoms with Crippen LogP contribution < -0.4 is 10.2 Å². The minimum absolute atomic E-state index is 0.124. The molecular weight excluding hydrogens is 310 g/mol. The quantitative estimate of drug-likeness (QED) is 0.897. The molecule has 1 aromatic rings. The monoisotopic (exact) mass is 337 g/mol. The molecule has 0 saturated carbocycles. The Labute approximate surface area is 144 Å². The van der Waals surface area contributed by atoms with Gasteiger partial charge in [0.25, 0.3) is 0 Å². The molecule has 1 heterocycles. The second-order valence-corrected chi connectivity index (χ2v) is 7.23. The first kappa shape index (κ1) is 18.1. The smallest absolute Gasteiger partial charge is 0.234 e. The van der Waals surface area contributed by atoms with Gasteiger partial charge in [-0.05, 0) is 37.5 Å². The SMILES string of the molecule is Cc1ccc(Cl)cc1N1CCN(CC(=O)N[C@@H](C)C(C)C)CC1. The Balaban J connectivity index is 1.84. The lowest BCUT2D eigenvalue weighted by atomic mass is 10.1. The standard InChI is InChI=1S/C18H28ClN3O/c1-13(2)15(4)20-18(23)12-21-7-9-22(10-8-21)17-11-16(19)6-5-14(17)3/h5-6,11,13,15H,7-10,12H2,1-4H3,(H,20,23)/t15-/m0/s1. The van der Waals surface area contributed by atoms with Crippen molar-refractivity contribution in [3.8, 4) is 0 Å². The molecule has 1 amide bonds. The van der Waals surface area contributed by atoms with Crippen molar-refractivity contribution in [2.24, 2.45) is 5.92 Å². The molecule has 0 unspecified atom stereocenters. The first-order valence-electron chi connectivity index (χ1n) is 8.39. The van der Waals surface area contributed by atoms with Gasteiger partial charge in [0.05, 0.1) is 6.54 Å². The molecule has 1 aliphatic heterocycles. The molecule has 1 N–H and O–H groups in total. The molecule has 1 aromatic carbocycles. The van der Waals surface area contributed by atoms with Crippen LogP contribution in [0.4, 0.5) is 5.69 Å². The number of hydrogen-bond donors (Lipinski definition) is 1. The maximum Gasteiger partial charge on any atom is 0.234 e. The lowest BCUT2D eigenvalue weighted by molar-refractivity contribution is -0.123. The zero-order valence-electron chi connectivity index (χ0n) is 14.6. The molecule has 2 rings (SSSR count). The Kier molecular flexibility index (Phi) is 6.31. The van der Waals surface area contributed by atoms with E-state index in [0.29, 0.717) is 12.5 Å². The van der Waals surface area contributed by atoms with Crippen LogP contribution in [-0.2, 0) is 4.79 Å². The number of nitrogens with zero attached hydrogens (tertiary/aromatic N) is 2. The predicted molar refractivity (Wildman–Crippen MR) is 97.3 cm³/mol. The molecule has 1 aliphatic rings. The molecule has 128 valence electrons. The van der Waals surface area contributed by atoms with Crippen molar-refractivity contribution in [1.29, 1.82) is 0 Å². The zero-order chi connectivity index (χ0) is 17.0. The number of amides is 1. The summed E-state index contributed by atoms with van der Waals surface area (Å²) in [5.74, 6) is 0.584. The summed E-state index contributed by atoms with van der Waals surface area (Å²) in [5, 5.41) is 3.85. The maximum atomic E-state index is 12.1. The zero-order valence-corrected chi connectivity index (χ0v) is 15.4. The number of benzene rings is 1. The normalized spacial score (nSPS) is 17.4. The largest absolute Gasteiger partial charge is 0.369 e. The van der Waals surface area contributed by atoms with Crippen LogP contribution in [0.1, 0.15) is 26.3 Å². The summed E-state index contributed by atoms with van der Waals surface area (Å²) in [7, 11) is 0. The van der Waals surface area contributed by atoms with Crippen molar-refractivity contribution in [3.63, 3.8) is 0 Å². The van der Waals surface area contributed by atoms with E-state index in [4.69, 9.17) is 11.6 Å². The van der Waals surface area contributed by atoms with Gasteiger partial charge in [-0.3, -0.25) is 9.69 Å². The molecule has 1 saturated heterocycles. The minimum Gasteiger partial charge on any atom is -0.369 e. The first-order valence-corrected chi connectivity index (χ1v) is 8.77. The Morgan fingerprint density at radius 1 is 1.22 bits per heavy atom. The van der Waals surface area contributed by atoms with Gasteiger partial charge in [-0.2, -0.15) is 0 Å². The summed E-state index contributed by atoms with van der Waals surface area (Å²) < 4.78 is 0. The fraction of sp³-hybridized carbons (Fsp3) is 0.611. The van der Waals surface area contributed by atoms with E-state index in [2.05, 4.69) is 48.9 Å². The molecule has 0 aliphatic carbocycles. The van der Waals surface area contributed by atoms with E-state index in [1.807, 2.05) is 12.1 Å². The Morgan fingerprint density at radius 2 is 1.87 bits per heavy atom. The van der Waals surface area contributed by atoms with Crippen molar-refractivity contribution in [1.82, 2.24) is 10.2 Å². The van der Waals surface area contributed by atoms with Crippen LogP contribution in [0.25, 0.3) is 0 Å². The second kappa shape index (κ2) is 8.02. The van der Waals surface area contributed by atoms with Crippen molar-refractivity contribution in [3.05, 3.63) is 28.8 Å². The van der Waals surface area contributed by atoms with Crippen LogP contribution in [0.2, 0.25) is 5.02 Å². The fourth-order valence-electron chi connectivity index (χ4n) is 2.74. The summed E-state index contributed by atoms with van der Waals surface area (Å²) in [6.07, 6.45) is 0. The molecule has 5 heteroatoms. The highest BCUT2D eigenvalue weighted by molar-refractivity contribution is 6.30. The van der Waals surface area contributed by atoms with E-state index in [9.17, 15) is 4.79 Å². The average molecular weight is 338 g/mol. The van der Waals surface area contributed by atoms with Crippen molar-refractivity contribution >= 4 is 23.2 Å². The molecule has 1 fully saturated rings. The van der Waals surface area contributed by atoms with Crippen LogP contribution >= 0.6 is 11.6 Å². The minimum atomic E-state index is 0.124. The highest BCUT2D eigenvalue weighted by Gasteiger charge is 2.21. The van der Waals surface area contributed by atoms with Crippen LogP contribution in [0.15, 0.2) is 18.2 Å². The van der Waals surface area contributed by atoms with Crippen LogP contribution in [0.3, 0.4) is 0 Å². The molecule has 0 radical (unpaired) electrons. The van der Waals surface area contributed by atoms with E-state index in [-0.39, 0.29) is 11.9 Å². The first-order chi connectivity index (χ1) is 10.9. The van der Waals surface area contributed by atoms with Gasteiger partial charge in [-0.25, -0.2) is 0 Å². The third-order valence-corrected chi connectivity index (χ3v) is 4.88. The number of aryl methyl sites for hydroxylation is 1. The summed E-state index contributed by atoms with van der Waals surface area (Å²) in [4.78, 5) is 16.7. The fourth-order valence-corrected chi connectivity index (χ4v) is 2.91. The van der Waals surface area contributed by atoms with Crippen LogP contribution in [0, 0.1) is 12.8 Å². The maximum absolute atomic E-state index is 12.1. The summed E-state index contributed by atoms with van der Waals surface area (Å²) in [6, 6.07) is 6.24. The Morgan fingerprint density at radius 3 is 2.48 bits per heavy atom. The highest BCUT2D eigenvalue weighted by Crippen LogP contribution is 2.25. The molecule has 23 heavy (non-hydrogen) atoms. The number of hydrogen-bond acceptors (Lipinski definition) is 3. The third-order valence-electron chi connectivity index (χ3n) is 4.64. The van der Waals surface area contributed by atoms with E-state index < -0.39 is 0 Å². The number of nitrogens with one attached hydrogen (secondary N) is 1. The summed E-state index contributed by atoms with van der Waals surface area (Å²) in [5.41, 5.74) is 2.45. The Bertz CT molecular complexity index is 539. The van der Waals surface area contributed by atoms with Gasteiger partial charge in [0.15, 0.2) is 0 Å². The molecule has 0 aromatic heterocycles. The van der Waals surface area contributed by atoms with Crippen molar-refractivity contribution < 1.29 is 4.79 Å². The van der Waals surface area contributed by atoms with Crippen molar-refractivity contribution in [2.45, 2.75) is 33.7 Å². The van der Waals surface area contributed by atoms with Gasteiger partial charge < -0.3 is 10.2 Å². The summed E-state index contributed by atoms with van der Waals surface area (Å²) in [6.45, 7) is 12.5. The molecule has 0 bridgehead atoms. The number of rotatable bonds is 5. The highest BCUT2D eigenvalue weighted by atomic mass is 35.5. The molecule has 4 nitrogen and oxygen atoms in total. The lowest BCUT2D eigenvalue weighted by Crippen LogP contribution is -2.50. The number of carbonyl (C=O) groups excluding carboxylic acids is 1. The number of halogens is 1. The van der Waals surface area contributed by atoms with Gasteiger partial charge in [0.2, 0.25) is 5.91 Å². The van der Waals surface area contributed by atoms with Gasteiger partial charge in [-0.1, -0.05) is 31.5 Å². The van der Waals surface area contributed by atoms with E-state index >= 15 is 0 Å². The second-order valence-electron chi connectivity index (χ2n) is 6.79. The third kappa shape index (κ3) is 5.11. The predicted octanol–water partition coefficient (Wildman–Crippen LogP) is 2.93. The molecule has 1 atom stereocenters. The van der Waals surface area contributed by atoms with Gasteiger partial charge in [0.1, 0.15) is 0 Å². The average Bonchev–Trinajstić information content (AvgIpc) is 2.50. The van der Waals surface area contributed by atoms with E-state index in [1.54, 1.807) is 0 Å². The number of anilines is 1. The van der Waals surface area contributed by atoms with E-state index in [1.165, 1.54) is 11.3 Å². The molecular formula is C18H28ClN3O. The van der Waals surface area contributed by atoms with E-state index in [0.717, 1.165) is 31.2 Å². The van der Waals surface area contributed by atoms with Crippen molar-refractivity contribution in [2.75, 3.05) is 37.6 Å². The van der Waals surface area contributed by atoms with Crippen LogP contribution in [0.5, 0.6) is 0 Å². The number of piperazine rings is 1. The van der Waals surface area contributed by atoms with Crippen LogP contribution in [-0.4, -0.2) is 49.6 Å². The lowest BCUT2D eigenvalue weighted by Gasteiger charge is -2.36. The Hall–Kier alpha value is -1.26. The van der Waals surface area contributed by atoms with Gasteiger partial charge in [-0.15, -0.1) is 0 Å². The summed E-state index contributed by atoms with van der Waals surface area (Å²) >= 11 is 6.12. The molecule has 0 spiro atoms.